The molecule has 1 heterocycles. The molecule has 3 unspecified atom stereocenters. The largest absolute Gasteiger partial charge is 0.481 e. The fourth-order valence-corrected chi connectivity index (χ4v) is 2.37. The molecule has 1 saturated heterocycles. The second kappa shape index (κ2) is 7.36. The van der Waals surface area contributed by atoms with Crippen molar-refractivity contribution >= 4 is 11.9 Å². The van der Waals surface area contributed by atoms with Crippen molar-refractivity contribution in [1.82, 2.24) is 5.32 Å². The van der Waals surface area contributed by atoms with Gasteiger partial charge in [-0.05, 0) is 19.3 Å². The average molecular weight is 257 g/mol. The van der Waals surface area contributed by atoms with Crippen LogP contribution in [0.2, 0.25) is 0 Å². The molecule has 5 heteroatoms. The number of nitrogens with one attached hydrogen (secondary N) is 1. The van der Waals surface area contributed by atoms with Crippen molar-refractivity contribution < 1.29 is 19.4 Å². The van der Waals surface area contributed by atoms with E-state index in [9.17, 15) is 9.59 Å². The van der Waals surface area contributed by atoms with Crippen LogP contribution in [-0.2, 0) is 14.3 Å². The number of hydrogen-bond donors (Lipinski definition) is 2. The highest BCUT2D eigenvalue weighted by Crippen LogP contribution is 2.23. The molecule has 104 valence electrons. The summed E-state index contributed by atoms with van der Waals surface area (Å²) in [6.07, 6.45) is 2.93. The summed E-state index contributed by atoms with van der Waals surface area (Å²) >= 11 is 0. The molecule has 1 fully saturated rings. The van der Waals surface area contributed by atoms with Gasteiger partial charge in [0.05, 0.1) is 17.9 Å². The van der Waals surface area contributed by atoms with E-state index >= 15 is 0 Å². The van der Waals surface area contributed by atoms with Gasteiger partial charge in [0.25, 0.3) is 0 Å². The summed E-state index contributed by atoms with van der Waals surface area (Å²) in [4.78, 5) is 22.9. The number of carbonyl (C=O) groups is 2. The summed E-state index contributed by atoms with van der Waals surface area (Å²) in [7, 11) is 0. The number of carboxylic acids is 1. The van der Waals surface area contributed by atoms with E-state index < -0.39 is 11.9 Å². The van der Waals surface area contributed by atoms with E-state index in [4.69, 9.17) is 9.84 Å². The standard InChI is InChI=1S/C13H23NO4/c1-3-5-9(13(16)17)8-14-12(15)10-6-7-18-11(10)4-2/h9-11H,3-8H2,1-2H3,(H,14,15)(H,16,17). The zero-order chi connectivity index (χ0) is 13.5. The van der Waals surface area contributed by atoms with Crippen molar-refractivity contribution in [3.8, 4) is 0 Å². The summed E-state index contributed by atoms with van der Waals surface area (Å²) in [6.45, 7) is 4.77. The van der Waals surface area contributed by atoms with Crippen LogP contribution in [0.3, 0.4) is 0 Å². The van der Waals surface area contributed by atoms with E-state index in [1.807, 2.05) is 13.8 Å². The number of aliphatic carboxylic acids is 1. The third kappa shape index (κ3) is 3.98. The topological polar surface area (TPSA) is 75.6 Å². The monoisotopic (exact) mass is 257 g/mol. The third-order valence-electron chi connectivity index (χ3n) is 3.46. The molecule has 0 saturated carbocycles. The average Bonchev–Trinajstić information content (AvgIpc) is 2.81. The van der Waals surface area contributed by atoms with Gasteiger partial charge in [0.2, 0.25) is 5.91 Å². The Morgan fingerprint density at radius 1 is 1.44 bits per heavy atom. The molecular formula is C13H23NO4. The van der Waals surface area contributed by atoms with E-state index in [0.717, 1.165) is 19.3 Å². The van der Waals surface area contributed by atoms with E-state index in [1.165, 1.54) is 0 Å². The first-order valence-electron chi connectivity index (χ1n) is 6.72. The second-order valence-electron chi connectivity index (χ2n) is 4.78. The molecule has 3 atom stereocenters. The lowest BCUT2D eigenvalue weighted by atomic mass is 9.98. The summed E-state index contributed by atoms with van der Waals surface area (Å²) < 4.78 is 5.46. The van der Waals surface area contributed by atoms with Crippen LogP contribution < -0.4 is 5.32 Å². The number of amides is 1. The lowest BCUT2D eigenvalue weighted by molar-refractivity contribution is -0.142. The lowest BCUT2D eigenvalue weighted by Gasteiger charge is -2.18. The van der Waals surface area contributed by atoms with E-state index in [-0.39, 0.29) is 24.5 Å². The molecule has 0 aromatic rings. The van der Waals surface area contributed by atoms with Crippen LogP contribution in [0.25, 0.3) is 0 Å². The molecule has 1 aliphatic heterocycles. The van der Waals surface area contributed by atoms with Gasteiger partial charge < -0.3 is 15.2 Å². The maximum atomic E-state index is 12.0. The number of ether oxygens (including phenoxy) is 1. The van der Waals surface area contributed by atoms with Gasteiger partial charge in [0, 0.05) is 13.2 Å². The normalized spacial score (nSPS) is 24.8. The van der Waals surface area contributed by atoms with Crippen LogP contribution in [0.4, 0.5) is 0 Å². The predicted molar refractivity (Wildman–Crippen MR) is 67.2 cm³/mol. The van der Waals surface area contributed by atoms with Gasteiger partial charge in [0.15, 0.2) is 0 Å². The molecule has 2 N–H and O–H groups in total. The van der Waals surface area contributed by atoms with Crippen molar-refractivity contribution in [2.45, 2.75) is 45.6 Å². The van der Waals surface area contributed by atoms with Gasteiger partial charge in [0.1, 0.15) is 0 Å². The summed E-state index contributed by atoms with van der Waals surface area (Å²) in [5, 5.41) is 11.8. The van der Waals surface area contributed by atoms with Crippen molar-refractivity contribution in [2.24, 2.45) is 11.8 Å². The van der Waals surface area contributed by atoms with Crippen LogP contribution in [0.5, 0.6) is 0 Å². The highest BCUT2D eigenvalue weighted by atomic mass is 16.5. The fraction of sp³-hybridized carbons (Fsp3) is 0.846. The highest BCUT2D eigenvalue weighted by Gasteiger charge is 2.33. The molecule has 1 rings (SSSR count). The van der Waals surface area contributed by atoms with Crippen molar-refractivity contribution in [3.05, 3.63) is 0 Å². The van der Waals surface area contributed by atoms with Gasteiger partial charge >= 0.3 is 5.97 Å². The molecule has 18 heavy (non-hydrogen) atoms. The zero-order valence-electron chi connectivity index (χ0n) is 11.1. The Hall–Kier alpha value is -1.10. The first-order chi connectivity index (χ1) is 8.60. The highest BCUT2D eigenvalue weighted by molar-refractivity contribution is 5.80. The smallest absolute Gasteiger partial charge is 0.308 e. The predicted octanol–water partition coefficient (Wildman–Crippen LogP) is 1.42. The Morgan fingerprint density at radius 3 is 2.72 bits per heavy atom. The molecule has 5 nitrogen and oxygen atoms in total. The maximum absolute atomic E-state index is 12.0. The molecule has 0 aromatic carbocycles. The summed E-state index contributed by atoms with van der Waals surface area (Å²) in [5.74, 6) is -1.51. The minimum absolute atomic E-state index is 0.0144. The van der Waals surface area contributed by atoms with Gasteiger partial charge in [-0.15, -0.1) is 0 Å². The molecule has 0 radical (unpaired) electrons. The Bertz CT molecular complexity index is 293. The van der Waals surface area contributed by atoms with Gasteiger partial charge in [-0.2, -0.15) is 0 Å². The maximum Gasteiger partial charge on any atom is 0.308 e. The fourth-order valence-electron chi connectivity index (χ4n) is 2.37. The van der Waals surface area contributed by atoms with Gasteiger partial charge in [-0.3, -0.25) is 9.59 Å². The molecule has 0 aliphatic carbocycles. The molecule has 0 bridgehead atoms. The SMILES string of the molecule is CCCC(CNC(=O)C1CCOC1CC)C(=O)O. The summed E-state index contributed by atoms with van der Waals surface area (Å²) in [6, 6.07) is 0. The van der Waals surface area contributed by atoms with Crippen molar-refractivity contribution in [3.63, 3.8) is 0 Å². The van der Waals surface area contributed by atoms with Gasteiger partial charge in [-0.25, -0.2) is 0 Å². The first-order valence-corrected chi connectivity index (χ1v) is 6.72. The summed E-state index contributed by atoms with van der Waals surface area (Å²) in [5.41, 5.74) is 0. The number of rotatable bonds is 7. The number of hydrogen-bond acceptors (Lipinski definition) is 3. The molecular weight excluding hydrogens is 234 g/mol. The Labute approximate surface area is 108 Å². The second-order valence-corrected chi connectivity index (χ2v) is 4.78. The van der Waals surface area contributed by atoms with Crippen LogP contribution in [0.1, 0.15) is 39.5 Å². The van der Waals surface area contributed by atoms with Crippen molar-refractivity contribution in [2.75, 3.05) is 13.2 Å². The van der Waals surface area contributed by atoms with Crippen LogP contribution >= 0.6 is 0 Å². The molecule has 0 spiro atoms. The Balaban J connectivity index is 2.41. The quantitative estimate of drug-likeness (QED) is 0.723. The molecule has 1 amide bonds. The number of carboxylic acid groups (broad SMARTS) is 1. The van der Waals surface area contributed by atoms with Crippen LogP contribution in [0, 0.1) is 11.8 Å². The van der Waals surface area contributed by atoms with E-state index in [0.29, 0.717) is 13.0 Å². The third-order valence-corrected chi connectivity index (χ3v) is 3.46. The molecule has 0 aromatic heterocycles. The lowest BCUT2D eigenvalue weighted by Crippen LogP contribution is -2.39. The van der Waals surface area contributed by atoms with Crippen molar-refractivity contribution in [1.29, 1.82) is 0 Å². The van der Waals surface area contributed by atoms with Gasteiger partial charge in [-0.1, -0.05) is 20.3 Å². The minimum Gasteiger partial charge on any atom is -0.481 e. The Kier molecular flexibility index (Phi) is 6.12. The minimum atomic E-state index is -0.841. The van der Waals surface area contributed by atoms with Crippen LogP contribution in [-0.4, -0.2) is 36.2 Å². The zero-order valence-corrected chi connectivity index (χ0v) is 11.1. The van der Waals surface area contributed by atoms with E-state index in [1.54, 1.807) is 0 Å². The molecule has 1 aliphatic rings. The Morgan fingerprint density at radius 2 is 2.17 bits per heavy atom. The van der Waals surface area contributed by atoms with E-state index in [2.05, 4.69) is 5.32 Å². The number of carbonyl (C=O) groups excluding carboxylic acids is 1. The first kappa shape index (κ1) is 15.0. The van der Waals surface area contributed by atoms with Crippen LogP contribution in [0.15, 0.2) is 0 Å².